The minimum atomic E-state index is -0.245. The highest BCUT2D eigenvalue weighted by atomic mass is 35.5. The van der Waals surface area contributed by atoms with Gasteiger partial charge in [0.1, 0.15) is 0 Å². The standard InChI is InChI=1S/C17H22ClN3O2/c1-13(17(23)19-8-4-5-9-19)20-10-11-21(16(22)12-20)15-7-3-2-6-14(15)18/h2-3,6-7,13H,4-5,8-12H2,1H3/t13-/m0/s1. The summed E-state index contributed by atoms with van der Waals surface area (Å²) in [5, 5.41) is 0.579. The number of piperazine rings is 1. The number of para-hydroxylation sites is 1. The first-order valence-corrected chi connectivity index (χ1v) is 8.53. The van der Waals surface area contributed by atoms with E-state index in [2.05, 4.69) is 0 Å². The molecule has 124 valence electrons. The second kappa shape index (κ2) is 6.89. The van der Waals surface area contributed by atoms with Crippen LogP contribution >= 0.6 is 11.6 Å². The monoisotopic (exact) mass is 335 g/mol. The van der Waals surface area contributed by atoms with E-state index in [0.29, 0.717) is 18.1 Å². The van der Waals surface area contributed by atoms with Crippen LogP contribution in [0.15, 0.2) is 24.3 Å². The van der Waals surface area contributed by atoms with Crippen LogP contribution in [-0.4, -0.2) is 60.4 Å². The van der Waals surface area contributed by atoms with E-state index in [4.69, 9.17) is 11.6 Å². The molecule has 2 saturated heterocycles. The van der Waals surface area contributed by atoms with E-state index in [-0.39, 0.29) is 24.4 Å². The Hall–Kier alpha value is -1.59. The minimum absolute atomic E-state index is 0.00887. The van der Waals surface area contributed by atoms with Crippen molar-refractivity contribution < 1.29 is 9.59 Å². The van der Waals surface area contributed by atoms with Gasteiger partial charge < -0.3 is 9.80 Å². The lowest BCUT2D eigenvalue weighted by molar-refractivity contribution is -0.136. The molecule has 0 saturated carbocycles. The first-order valence-electron chi connectivity index (χ1n) is 8.15. The minimum Gasteiger partial charge on any atom is -0.341 e. The largest absolute Gasteiger partial charge is 0.341 e. The number of halogens is 1. The van der Waals surface area contributed by atoms with Gasteiger partial charge in [-0.3, -0.25) is 14.5 Å². The van der Waals surface area contributed by atoms with E-state index in [1.165, 1.54) is 0 Å². The van der Waals surface area contributed by atoms with Crippen molar-refractivity contribution in [2.75, 3.05) is 37.6 Å². The van der Waals surface area contributed by atoms with Gasteiger partial charge in [-0.15, -0.1) is 0 Å². The Morgan fingerprint density at radius 1 is 1.13 bits per heavy atom. The maximum absolute atomic E-state index is 12.5. The predicted octanol–water partition coefficient (Wildman–Crippen LogP) is 2.00. The van der Waals surface area contributed by atoms with Crippen molar-refractivity contribution in [1.82, 2.24) is 9.80 Å². The third-order valence-corrected chi connectivity index (χ3v) is 5.04. The number of anilines is 1. The number of likely N-dealkylation sites (tertiary alicyclic amines) is 1. The number of hydrogen-bond acceptors (Lipinski definition) is 3. The Kier molecular flexibility index (Phi) is 4.87. The summed E-state index contributed by atoms with van der Waals surface area (Å²) in [6.45, 7) is 5.08. The Labute approximate surface area is 141 Å². The average molecular weight is 336 g/mol. The number of rotatable bonds is 3. The van der Waals surface area contributed by atoms with Crippen LogP contribution < -0.4 is 4.90 Å². The number of carbonyl (C=O) groups excluding carboxylic acids is 2. The molecular weight excluding hydrogens is 314 g/mol. The van der Waals surface area contributed by atoms with Gasteiger partial charge in [0.05, 0.1) is 23.3 Å². The molecule has 2 aliphatic heterocycles. The molecule has 1 atom stereocenters. The van der Waals surface area contributed by atoms with Crippen LogP contribution in [0.25, 0.3) is 0 Å². The Morgan fingerprint density at radius 2 is 1.83 bits per heavy atom. The van der Waals surface area contributed by atoms with Crippen LogP contribution in [0.5, 0.6) is 0 Å². The Balaban J connectivity index is 1.65. The summed E-state index contributed by atoms with van der Waals surface area (Å²) < 4.78 is 0. The summed E-state index contributed by atoms with van der Waals surface area (Å²) in [7, 11) is 0. The Morgan fingerprint density at radius 3 is 2.48 bits per heavy atom. The summed E-state index contributed by atoms with van der Waals surface area (Å²) in [5.41, 5.74) is 0.748. The second-order valence-electron chi connectivity index (χ2n) is 6.18. The molecule has 2 amide bonds. The third-order valence-electron chi connectivity index (χ3n) is 4.72. The molecule has 0 aromatic heterocycles. The van der Waals surface area contributed by atoms with Crippen molar-refractivity contribution in [2.24, 2.45) is 0 Å². The zero-order chi connectivity index (χ0) is 16.4. The van der Waals surface area contributed by atoms with E-state index in [0.717, 1.165) is 31.6 Å². The lowest BCUT2D eigenvalue weighted by atomic mass is 10.2. The van der Waals surface area contributed by atoms with Crippen molar-refractivity contribution in [3.8, 4) is 0 Å². The van der Waals surface area contributed by atoms with Crippen LogP contribution in [0, 0.1) is 0 Å². The van der Waals surface area contributed by atoms with Crippen molar-refractivity contribution in [2.45, 2.75) is 25.8 Å². The fourth-order valence-corrected chi connectivity index (χ4v) is 3.54. The number of nitrogens with zero attached hydrogens (tertiary/aromatic N) is 3. The molecule has 2 fully saturated rings. The summed E-state index contributed by atoms with van der Waals surface area (Å²) in [4.78, 5) is 30.6. The molecule has 5 nitrogen and oxygen atoms in total. The van der Waals surface area contributed by atoms with Crippen LogP contribution in [0.1, 0.15) is 19.8 Å². The topological polar surface area (TPSA) is 43.9 Å². The fourth-order valence-electron chi connectivity index (χ4n) is 3.31. The zero-order valence-corrected chi connectivity index (χ0v) is 14.1. The zero-order valence-electron chi connectivity index (χ0n) is 13.4. The van der Waals surface area contributed by atoms with Crippen LogP contribution in [-0.2, 0) is 9.59 Å². The van der Waals surface area contributed by atoms with E-state index in [1.807, 2.05) is 34.9 Å². The van der Waals surface area contributed by atoms with Crippen molar-refractivity contribution in [3.63, 3.8) is 0 Å². The maximum atomic E-state index is 12.5. The van der Waals surface area contributed by atoms with Gasteiger partial charge in [-0.05, 0) is 31.9 Å². The normalized spacial score (nSPS) is 20.9. The van der Waals surface area contributed by atoms with Gasteiger partial charge in [-0.1, -0.05) is 23.7 Å². The SMILES string of the molecule is C[C@@H](C(=O)N1CCCC1)N1CCN(c2ccccc2Cl)C(=O)C1. The van der Waals surface area contributed by atoms with Crippen molar-refractivity contribution in [1.29, 1.82) is 0 Å². The summed E-state index contributed by atoms with van der Waals surface area (Å²) in [6, 6.07) is 7.12. The van der Waals surface area contributed by atoms with E-state index in [1.54, 1.807) is 11.0 Å². The average Bonchev–Trinajstić information content (AvgIpc) is 3.09. The van der Waals surface area contributed by atoms with Crippen LogP contribution in [0.4, 0.5) is 5.69 Å². The molecule has 1 aromatic carbocycles. The lowest BCUT2D eigenvalue weighted by Crippen LogP contribution is -2.56. The third kappa shape index (κ3) is 3.35. The van der Waals surface area contributed by atoms with Gasteiger partial charge >= 0.3 is 0 Å². The molecule has 0 radical (unpaired) electrons. The van der Waals surface area contributed by atoms with Gasteiger partial charge in [0.25, 0.3) is 0 Å². The van der Waals surface area contributed by atoms with Crippen LogP contribution in [0.2, 0.25) is 5.02 Å². The van der Waals surface area contributed by atoms with E-state index >= 15 is 0 Å². The molecule has 6 heteroatoms. The first-order chi connectivity index (χ1) is 11.1. The number of amides is 2. The molecule has 0 N–H and O–H groups in total. The van der Waals surface area contributed by atoms with Crippen molar-refractivity contribution in [3.05, 3.63) is 29.3 Å². The van der Waals surface area contributed by atoms with Gasteiger partial charge in [0.15, 0.2) is 0 Å². The highest BCUT2D eigenvalue weighted by Crippen LogP contribution is 2.27. The summed E-state index contributed by atoms with van der Waals surface area (Å²) in [5.74, 6) is 0.131. The molecule has 23 heavy (non-hydrogen) atoms. The summed E-state index contributed by atoms with van der Waals surface area (Å²) >= 11 is 6.19. The molecule has 0 aliphatic carbocycles. The van der Waals surface area contributed by atoms with Crippen LogP contribution in [0.3, 0.4) is 0 Å². The highest BCUT2D eigenvalue weighted by Gasteiger charge is 2.33. The van der Waals surface area contributed by atoms with Gasteiger partial charge in [0.2, 0.25) is 11.8 Å². The number of benzene rings is 1. The number of carbonyl (C=O) groups is 2. The van der Waals surface area contributed by atoms with Gasteiger partial charge in [-0.25, -0.2) is 0 Å². The van der Waals surface area contributed by atoms with Gasteiger partial charge in [-0.2, -0.15) is 0 Å². The molecule has 2 aliphatic rings. The fraction of sp³-hybridized carbons (Fsp3) is 0.529. The quantitative estimate of drug-likeness (QED) is 0.848. The highest BCUT2D eigenvalue weighted by molar-refractivity contribution is 6.33. The molecule has 0 unspecified atom stereocenters. The van der Waals surface area contributed by atoms with Crippen molar-refractivity contribution >= 4 is 29.1 Å². The molecule has 3 rings (SSSR count). The van der Waals surface area contributed by atoms with E-state index < -0.39 is 0 Å². The van der Waals surface area contributed by atoms with E-state index in [9.17, 15) is 9.59 Å². The lowest BCUT2D eigenvalue weighted by Gasteiger charge is -2.38. The second-order valence-corrected chi connectivity index (χ2v) is 6.58. The maximum Gasteiger partial charge on any atom is 0.241 e. The van der Waals surface area contributed by atoms with Gasteiger partial charge in [0, 0.05) is 26.2 Å². The molecule has 1 aromatic rings. The smallest absolute Gasteiger partial charge is 0.241 e. The summed E-state index contributed by atoms with van der Waals surface area (Å²) in [6.07, 6.45) is 2.16. The first kappa shape index (κ1) is 16.3. The molecule has 2 heterocycles. The predicted molar refractivity (Wildman–Crippen MR) is 90.7 cm³/mol. The molecule has 0 spiro atoms. The molecule has 0 bridgehead atoms. The Bertz CT molecular complexity index is 601. The molecular formula is C17H22ClN3O2. The number of hydrogen-bond donors (Lipinski definition) is 0.